The zero-order valence-electron chi connectivity index (χ0n) is 18.2. The van der Waals surface area contributed by atoms with Crippen molar-refractivity contribution in [3.63, 3.8) is 0 Å². The van der Waals surface area contributed by atoms with E-state index in [9.17, 15) is 19.7 Å². The Morgan fingerprint density at radius 3 is 2.36 bits per heavy atom. The minimum Gasteiger partial charge on any atom is -0.368 e. The van der Waals surface area contributed by atoms with Crippen molar-refractivity contribution in [2.75, 3.05) is 55.6 Å². The molecule has 33 heavy (non-hydrogen) atoms. The van der Waals surface area contributed by atoms with Crippen LogP contribution in [0.1, 0.15) is 23.2 Å². The lowest BCUT2D eigenvalue weighted by atomic mass is 10.1. The standard InChI is InChI=1S/C23H26ClN5O4/c24-18-4-3-5-19(15-18)26-10-12-28(13-11-26)22(30)16-25-23(31)17-6-7-20(21(14-17)29(32)33)27-8-1-2-9-27/h3-7,14-15H,1-2,8-13,16H2,(H,25,31). The zero-order valence-corrected chi connectivity index (χ0v) is 19.0. The average molecular weight is 472 g/mol. The van der Waals surface area contributed by atoms with Crippen LogP contribution in [0.5, 0.6) is 0 Å². The number of hydrogen-bond acceptors (Lipinski definition) is 6. The van der Waals surface area contributed by atoms with Crippen LogP contribution in [0.4, 0.5) is 17.1 Å². The maximum absolute atomic E-state index is 12.6. The normalized spacial score (nSPS) is 16.1. The van der Waals surface area contributed by atoms with Crippen LogP contribution in [0, 0.1) is 10.1 Å². The van der Waals surface area contributed by atoms with Crippen molar-refractivity contribution >= 4 is 40.5 Å². The number of carbonyl (C=O) groups is 2. The van der Waals surface area contributed by atoms with E-state index in [0.717, 1.165) is 31.6 Å². The average Bonchev–Trinajstić information content (AvgIpc) is 3.37. The lowest BCUT2D eigenvalue weighted by Crippen LogP contribution is -2.51. The van der Waals surface area contributed by atoms with Crippen molar-refractivity contribution in [3.8, 4) is 0 Å². The van der Waals surface area contributed by atoms with Gasteiger partial charge in [0.1, 0.15) is 5.69 Å². The van der Waals surface area contributed by atoms with Crippen LogP contribution in [-0.2, 0) is 4.79 Å². The van der Waals surface area contributed by atoms with Crippen molar-refractivity contribution in [2.45, 2.75) is 12.8 Å². The van der Waals surface area contributed by atoms with E-state index in [1.165, 1.54) is 6.07 Å². The summed E-state index contributed by atoms with van der Waals surface area (Å²) in [7, 11) is 0. The lowest BCUT2D eigenvalue weighted by molar-refractivity contribution is -0.384. The van der Waals surface area contributed by atoms with Crippen molar-refractivity contribution in [3.05, 3.63) is 63.2 Å². The molecule has 1 N–H and O–H groups in total. The molecule has 2 fully saturated rings. The molecule has 0 spiro atoms. The topological polar surface area (TPSA) is 99.0 Å². The fourth-order valence-electron chi connectivity index (χ4n) is 4.29. The largest absolute Gasteiger partial charge is 0.368 e. The predicted molar refractivity (Wildman–Crippen MR) is 127 cm³/mol. The van der Waals surface area contributed by atoms with Gasteiger partial charge in [0, 0.05) is 61.6 Å². The number of nitro benzene ring substituents is 1. The van der Waals surface area contributed by atoms with E-state index in [4.69, 9.17) is 11.6 Å². The van der Waals surface area contributed by atoms with Gasteiger partial charge in [0.15, 0.2) is 0 Å². The number of carbonyl (C=O) groups excluding carboxylic acids is 2. The molecule has 2 heterocycles. The first-order valence-electron chi connectivity index (χ1n) is 11.0. The van der Waals surface area contributed by atoms with Crippen LogP contribution in [0.25, 0.3) is 0 Å². The smallest absolute Gasteiger partial charge is 0.293 e. The summed E-state index contributed by atoms with van der Waals surface area (Å²) in [6.45, 7) is 3.80. The second kappa shape index (κ2) is 10.1. The van der Waals surface area contributed by atoms with Gasteiger partial charge in [-0.3, -0.25) is 19.7 Å². The summed E-state index contributed by atoms with van der Waals surface area (Å²) in [6.07, 6.45) is 1.99. The third-order valence-corrected chi connectivity index (χ3v) is 6.32. The van der Waals surface area contributed by atoms with Crippen molar-refractivity contribution in [1.29, 1.82) is 0 Å². The second-order valence-electron chi connectivity index (χ2n) is 8.19. The Morgan fingerprint density at radius 1 is 0.970 bits per heavy atom. The molecule has 9 nitrogen and oxygen atoms in total. The number of hydrogen-bond donors (Lipinski definition) is 1. The Balaban J connectivity index is 1.32. The summed E-state index contributed by atoms with van der Waals surface area (Å²) >= 11 is 6.06. The number of benzene rings is 2. The van der Waals surface area contributed by atoms with E-state index < -0.39 is 10.8 Å². The summed E-state index contributed by atoms with van der Waals surface area (Å²) < 4.78 is 0. The molecule has 0 bridgehead atoms. The first-order valence-corrected chi connectivity index (χ1v) is 11.4. The summed E-state index contributed by atoms with van der Waals surface area (Å²) in [6, 6.07) is 12.1. The van der Waals surface area contributed by atoms with E-state index in [-0.39, 0.29) is 23.7 Å². The predicted octanol–water partition coefficient (Wildman–Crippen LogP) is 2.93. The van der Waals surface area contributed by atoms with Gasteiger partial charge in [0.05, 0.1) is 11.5 Å². The highest BCUT2D eigenvalue weighted by molar-refractivity contribution is 6.30. The maximum Gasteiger partial charge on any atom is 0.293 e. The molecule has 2 saturated heterocycles. The second-order valence-corrected chi connectivity index (χ2v) is 8.62. The first-order chi connectivity index (χ1) is 15.9. The van der Waals surface area contributed by atoms with Gasteiger partial charge >= 0.3 is 0 Å². The number of nitrogens with zero attached hydrogens (tertiary/aromatic N) is 4. The fourth-order valence-corrected chi connectivity index (χ4v) is 4.48. The third kappa shape index (κ3) is 5.36. The van der Waals surface area contributed by atoms with Gasteiger partial charge < -0.3 is 20.0 Å². The number of nitrogens with one attached hydrogen (secondary N) is 1. The summed E-state index contributed by atoms with van der Waals surface area (Å²) in [4.78, 5) is 42.1. The van der Waals surface area contributed by atoms with Crippen LogP contribution in [0.3, 0.4) is 0 Å². The highest BCUT2D eigenvalue weighted by Crippen LogP contribution is 2.31. The molecule has 0 aliphatic carbocycles. The van der Waals surface area contributed by atoms with E-state index in [0.29, 0.717) is 36.9 Å². The Labute approximate surface area is 197 Å². The lowest BCUT2D eigenvalue weighted by Gasteiger charge is -2.36. The van der Waals surface area contributed by atoms with E-state index in [1.807, 2.05) is 29.2 Å². The van der Waals surface area contributed by atoms with Crippen molar-refractivity contribution in [2.24, 2.45) is 0 Å². The number of piperazine rings is 1. The monoisotopic (exact) mass is 471 g/mol. The molecule has 174 valence electrons. The van der Waals surface area contributed by atoms with Gasteiger partial charge in [-0.2, -0.15) is 0 Å². The molecule has 0 radical (unpaired) electrons. The molecule has 0 unspecified atom stereocenters. The fraction of sp³-hybridized carbons (Fsp3) is 0.391. The van der Waals surface area contributed by atoms with Crippen LogP contribution in [0.2, 0.25) is 5.02 Å². The Kier molecular flexibility index (Phi) is 6.98. The van der Waals surface area contributed by atoms with E-state index in [2.05, 4.69) is 10.2 Å². The minimum atomic E-state index is -0.503. The van der Waals surface area contributed by atoms with Gasteiger partial charge in [-0.15, -0.1) is 0 Å². The first kappa shape index (κ1) is 22.8. The minimum absolute atomic E-state index is 0.0898. The highest BCUT2D eigenvalue weighted by Gasteiger charge is 2.25. The van der Waals surface area contributed by atoms with E-state index in [1.54, 1.807) is 17.0 Å². The SMILES string of the molecule is O=C(NCC(=O)N1CCN(c2cccc(Cl)c2)CC1)c1ccc(N2CCCC2)c([N+](=O)[O-])c1. The molecule has 0 saturated carbocycles. The van der Waals surface area contributed by atoms with Gasteiger partial charge in [0.25, 0.3) is 11.6 Å². The molecule has 2 amide bonds. The molecule has 2 aliphatic heterocycles. The van der Waals surface area contributed by atoms with Gasteiger partial charge in [-0.05, 0) is 43.2 Å². The van der Waals surface area contributed by atoms with Crippen molar-refractivity contribution < 1.29 is 14.5 Å². The quantitative estimate of drug-likeness (QED) is 0.513. The highest BCUT2D eigenvalue weighted by atomic mass is 35.5. The van der Waals surface area contributed by atoms with Crippen molar-refractivity contribution in [1.82, 2.24) is 10.2 Å². The molecule has 2 aromatic rings. The molecule has 10 heteroatoms. The molecular formula is C23H26ClN5O4. The number of amides is 2. The van der Waals surface area contributed by atoms with Crippen LogP contribution >= 0.6 is 11.6 Å². The third-order valence-electron chi connectivity index (χ3n) is 6.09. The Bertz CT molecular complexity index is 1050. The number of anilines is 2. The van der Waals surface area contributed by atoms with Gasteiger partial charge in [-0.25, -0.2) is 0 Å². The molecule has 4 rings (SSSR count). The summed E-state index contributed by atoms with van der Waals surface area (Å²) in [5.41, 5.74) is 1.63. The van der Waals surface area contributed by atoms with E-state index >= 15 is 0 Å². The van der Waals surface area contributed by atoms with Gasteiger partial charge in [0.2, 0.25) is 5.91 Å². The zero-order chi connectivity index (χ0) is 23.4. The molecule has 2 aliphatic rings. The summed E-state index contributed by atoms with van der Waals surface area (Å²) in [5, 5.41) is 14.8. The number of halogens is 1. The Morgan fingerprint density at radius 2 is 1.70 bits per heavy atom. The number of rotatable bonds is 6. The van der Waals surface area contributed by atoms with Gasteiger partial charge in [-0.1, -0.05) is 17.7 Å². The maximum atomic E-state index is 12.6. The molecule has 2 aromatic carbocycles. The Hall–Kier alpha value is -3.33. The van der Waals surface area contributed by atoms with Crippen LogP contribution in [0.15, 0.2) is 42.5 Å². The van der Waals surface area contributed by atoms with Crippen LogP contribution < -0.4 is 15.1 Å². The molecular weight excluding hydrogens is 446 g/mol. The van der Waals surface area contributed by atoms with Crippen LogP contribution in [-0.4, -0.2) is 67.5 Å². The number of nitro groups is 1. The molecule has 0 aromatic heterocycles. The molecule has 0 atom stereocenters. The summed E-state index contributed by atoms with van der Waals surface area (Å²) in [5.74, 6) is -0.686.